The lowest BCUT2D eigenvalue weighted by molar-refractivity contribution is -0.131. The fourth-order valence-corrected chi connectivity index (χ4v) is 1.58. The van der Waals surface area contributed by atoms with Gasteiger partial charge in [-0.1, -0.05) is 18.9 Å². The molecule has 0 unspecified atom stereocenters. The molecular formula is C9H14O2. The number of hydrogen-bond acceptors (Lipinski definition) is 1. The molecule has 11 heavy (non-hydrogen) atoms. The summed E-state index contributed by atoms with van der Waals surface area (Å²) in [6, 6.07) is 0. The first kappa shape index (κ1) is 8.31. The lowest BCUT2D eigenvalue weighted by Crippen LogP contribution is -2.07. The molecule has 0 aromatic rings. The van der Waals surface area contributed by atoms with Crippen molar-refractivity contribution in [1.82, 2.24) is 0 Å². The van der Waals surface area contributed by atoms with Crippen LogP contribution in [0.1, 0.15) is 32.6 Å². The van der Waals surface area contributed by atoms with Crippen LogP contribution in [0.5, 0.6) is 0 Å². The van der Waals surface area contributed by atoms with Gasteiger partial charge in [0.2, 0.25) is 0 Å². The molecule has 0 heterocycles. The van der Waals surface area contributed by atoms with Crippen LogP contribution in [0, 0.1) is 5.92 Å². The SMILES string of the molecule is C[C@H]1CCCC/C1=C\C(=O)O. The molecule has 0 amide bonds. The van der Waals surface area contributed by atoms with E-state index in [-0.39, 0.29) is 0 Å². The lowest BCUT2D eigenvalue weighted by Gasteiger charge is -2.20. The van der Waals surface area contributed by atoms with E-state index in [1.165, 1.54) is 12.5 Å². The molecule has 0 aromatic carbocycles. The molecule has 0 aliphatic heterocycles. The van der Waals surface area contributed by atoms with E-state index in [0.29, 0.717) is 5.92 Å². The van der Waals surface area contributed by atoms with E-state index in [2.05, 4.69) is 6.92 Å². The minimum Gasteiger partial charge on any atom is -0.478 e. The Morgan fingerprint density at radius 2 is 2.36 bits per heavy atom. The zero-order chi connectivity index (χ0) is 8.27. The van der Waals surface area contributed by atoms with Crippen LogP contribution < -0.4 is 0 Å². The number of carboxylic acid groups (broad SMARTS) is 1. The standard InChI is InChI=1S/C9H14O2/c1-7-4-2-3-5-8(7)6-9(10)11/h6-7H,2-5H2,1H3,(H,10,11)/b8-6+/t7-/m0/s1. The van der Waals surface area contributed by atoms with Gasteiger partial charge in [-0.2, -0.15) is 0 Å². The molecule has 2 nitrogen and oxygen atoms in total. The largest absolute Gasteiger partial charge is 0.478 e. The summed E-state index contributed by atoms with van der Waals surface area (Å²) >= 11 is 0. The molecule has 1 aliphatic carbocycles. The third kappa shape index (κ3) is 2.37. The Kier molecular flexibility index (Phi) is 2.69. The minimum absolute atomic E-state index is 0.486. The van der Waals surface area contributed by atoms with Crippen LogP contribution >= 0.6 is 0 Å². The summed E-state index contributed by atoms with van der Waals surface area (Å²) < 4.78 is 0. The van der Waals surface area contributed by atoms with Crippen LogP contribution in [0.3, 0.4) is 0 Å². The maximum absolute atomic E-state index is 10.3. The smallest absolute Gasteiger partial charge is 0.328 e. The highest BCUT2D eigenvalue weighted by molar-refractivity contribution is 5.80. The maximum Gasteiger partial charge on any atom is 0.328 e. The fourth-order valence-electron chi connectivity index (χ4n) is 1.58. The van der Waals surface area contributed by atoms with Crippen LogP contribution in [0.25, 0.3) is 0 Å². The zero-order valence-corrected chi connectivity index (χ0v) is 6.84. The Balaban J connectivity index is 2.60. The third-order valence-corrected chi connectivity index (χ3v) is 2.29. The summed E-state index contributed by atoms with van der Waals surface area (Å²) in [6.45, 7) is 2.11. The molecular weight excluding hydrogens is 140 g/mol. The van der Waals surface area contributed by atoms with Crippen LogP contribution in [-0.4, -0.2) is 11.1 Å². The normalized spacial score (nSPS) is 28.8. The molecule has 1 atom stereocenters. The van der Waals surface area contributed by atoms with Crippen molar-refractivity contribution in [2.24, 2.45) is 5.92 Å². The highest BCUT2D eigenvalue weighted by atomic mass is 16.4. The number of hydrogen-bond donors (Lipinski definition) is 1. The number of carboxylic acids is 1. The summed E-state index contributed by atoms with van der Waals surface area (Å²) in [7, 11) is 0. The van der Waals surface area contributed by atoms with E-state index in [4.69, 9.17) is 5.11 Å². The van der Waals surface area contributed by atoms with Crippen molar-refractivity contribution >= 4 is 5.97 Å². The Bertz CT molecular complexity index is 182. The van der Waals surface area contributed by atoms with Gasteiger partial charge in [0.25, 0.3) is 0 Å². The van der Waals surface area contributed by atoms with Crippen molar-refractivity contribution in [2.45, 2.75) is 32.6 Å². The molecule has 62 valence electrons. The Morgan fingerprint density at radius 1 is 1.64 bits per heavy atom. The van der Waals surface area contributed by atoms with Crippen molar-refractivity contribution in [1.29, 1.82) is 0 Å². The van der Waals surface area contributed by atoms with Crippen LogP contribution in [0.2, 0.25) is 0 Å². The monoisotopic (exact) mass is 154 g/mol. The van der Waals surface area contributed by atoms with E-state index in [0.717, 1.165) is 24.8 Å². The number of aliphatic carboxylic acids is 1. The van der Waals surface area contributed by atoms with Gasteiger partial charge in [0.1, 0.15) is 0 Å². The average Bonchev–Trinajstić information content (AvgIpc) is 1.93. The van der Waals surface area contributed by atoms with Crippen molar-refractivity contribution in [3.05, 3.63) is 11.6 Å². The second-order valence-electron chi connectivity index (χ2n) is 3.20. The second kappa shape index (κ2) is 3.56. The molecule has 1 aliphatic rings. The first-order valence-electron chi connectivity index (χ1n) is 4.13. The lowest BCUT2D eigenvalue weighted by atomic mass is 9.85. The van der Waals surface area contributed by atoms with Gasteiger partial charge < -0.3 is 5.11 Å². The second-order valence-corrected chi connectivity index (χ2v) is 3.20. The molecule has 0 saturated heterocycles. The Labute approximate surface area is 66.9 Å². The predicted molar refractivity (Wildman–Crippen MR) is 43.4 cm³/mol. The van der Waals surface area contributed by atoms with Crippen molar-refractivity contribution in [3.8, 4) is 0 Å². The van der Waals surface area contributed by atoms with Gasteiger partial charge in [0.15, 0.2) is 0 Å². The van der Waals surface area contributed by atoms with Gasteiger partial charge in [-0.25, -0.2) is 4.79 Å². The van der Waals surface area contributed by atoms with Crippen LogP contribution in [-0.2, 0) is 4.79 Å². The van der Waals surface area contributed by atoms with Crippen LogP contribution in [0.15, 0.2) is 11.6 Å². The minimum atomic E-state index is -0.797. The van der Waals surface area contributed by atoms with Crippen molar-refractivity contribution in [3.63, 3.8) is 0 Å². The quantitative estimate of drug-likeness (QED) is 0.588. The van der Waals surface area contributed by atoms with E-state index < -0.39 is 5.97 Å². The molecule has 1 saturated carbocycles. The molecule has 0 bridgehead atoms. The summed E-state index contributed by atoms with van der Waals surface area (Å²) in [6.07, 6.45) is 5.91. The van der Waals surface area contributed by atoms with Crippen molar-refractivity contribution < 1.29 is 9.90 Å². The highest BCUT2D eigenvalue weighted by Crippen LogP contribution is 2.28. The van der Waals surface area contributed by atoms with Crippen molar-refractivity contribution in [2.75, 3.05) is 0 Å². The first-order valence-corrected chi connectivity index (χ1v) is 4.13. The Morgan fingerprint density at radius 3 is 2.91 bits per heavy atom. The van der Waals surface area contributed by atoms with Crippen LogP contribution in [0.4, 0.5) is 0 Å². The summed E-state index contributed by atoms with van der Waals surface area (Å²) in [4.78, 5) is 10.3. The fraction of sp³-hybridized carbons (Fsp3) is 0.667. The maximum atomic E-state index is 10.3. The predicted octanol–water partition coefficient (Wildman–Crippen LogP) is 2.21. The molecule has 0 radical (unpaired) electrons. The van der Waals surface area contributed by atoms with Gasteiger partial charge in [-0.05, 0) is 25.2 Å². The Hall–Kier alpha value is -0.790. The average molecular weight is 154 g/mol. The third-order valence-electron chi connectivity index (χ3n) is 2.29. The topological polar surface area (TPSA) is 37.3 Å². The summed E-state index contributed by atoms with van der Waals surface area (Å²) in [5.74, 6) is -0.311. The number of rotatable bonds is 1. The number of carbonyl (C=O) groups is 1. The van der Waals surface area contributed by atoms with Gasteiger partial charge in [0, 0.05) is 6.08 Å². The summed E-state index contributed by atoms with van der Waals surface area (Å²) in [5.41, 5.74) is 1.11. The molecule has 1 fully saturated rings. The van der Waals surface area contributed by atoms with Gasteiger partial charge in [-0.15, -0.1) is 0 Å². The highest BCUT2D eigenvalue weighted by Gasteiger charge is 2.14. The zero-order valence-electron chi connectivity index (χ0n) is 6.84. The van der Waals surface area contributed by atoms with E-state index in [1.54, 1.807) is 0 Å². The van der Waals surface area contributed by atoms with Gasteiger partial charge in [0.05, 0.1) is 0 Å². The molecule has 0 spiro atoms. The van der Waals surface area contributed by atoms with E-state index >= 15 is 0 Å². The molecule has 1 N–H and O–H groups in total. The molecule has 0 aromatic heterocycles. The first-order chi connectivity index (χ1) is 5.20. The molecule has 1 rings (SSSR count). The summed E-state index contributed by atoms with van der Waals surface area (Å²) in [5, 5.41) is 8.51. The van der Waals surface area contributed by atoms with E-state index in [1.807, 2.05) is 0 Å². The molecule has 2 heteroatoms. The number of allylic oxidation sites excluding steroid dienone is 1. The van der Waals surface area contributed by atoms with E-state index in [9.17, 15) is 4.79 Å². The van der Waals surface area contributed by atoms with Gasteiger partial charge in [-0.3, -0.25) is 0 Å². The van der Waals surface area contributed by atoms with Gasteiger partial charge >= 0.3 is 5.97 Å².